The Morgan fingerprint density at radius 1 is 1.29 bits per heavy atom. The Morgan fingerprint density at radius 3 is 2.35 bits per heavy atom. The van der Waals surface area contributed by atoms with Gasteiger partial charge in [-0.2, -0.15) is 13.2 Å². The van der Waals surface area contributed by atoms with Gasteiger partial charge in [0.2, 0.25) is 0 Å². The molecular formula is C10H11F3N2O2. The third-order valence-electron chi connectivity index (χ3n) is 1.85. The second-order valence-corrected chi connectivity index (χ2v) is 3.24. The molecule has 94 valence electrons. The highest BCUT2D eigenvalue weighted by molar-refractivity contribution is 5.93. The van der Waals surface area contributed by atoms with E-state index in [0.717, 1.165) is 5.56 Å². The zero-order valence-corrected chi connectivity index (χ0v) is 8.75. The molecule has 4 nitrogen and oxygen atoms in total. The number of benzene rings is 1. The lowest BCUT2D eigenvalue weighted by Crippen LogP contribution is -2.29. The number of halogens is 3. The number of hydrogen-bond donors (Lipinski definition) is 2. The molecule has 0 radical (unpaired) electrons. The summed E-state index contributed by atoms with van der Waals surface area (Å²) in [5.41, 5.74) is 8.07. The van der Waals surface area contributed by atoms with Crippen LogP contribution in [0.4, 0.5) is 13.2 Å². The number of carbonyl (C=O) groups is 1. The first-order chi connectivity index (χ1) is 7.92. The summed E-state index contributed by atoms with van der Waals surface area (Å²) < 4.78 is 35.2. The van der Waals surface area contributed by atoms with Crippen molar-refractivity contribution in [3.05, 3.63) is 35.4 Å². The number of nitrogens with one attached hydrogen (secondary N) is 1. The highest BCUT2D eigenvalue weighted by atomic mass is 19.4. The molecular weight excluding hydrogens is 237 g/mol. The average Bonchev–Trinajstić information content (AvgIpc) is 2.27. The Balaban J connectivity index is 2.47. The molecule has 3 N–H and O–H groups in total. The number of amides is 1. The molecule has 0 bridgehead atoms. The van der Waals surface area contributed by atoms with E-state index in [2.05, 4.69) is 4.84 Å². The summed E-state index contributed by atoms with van der Waals surface area (Å²) in [6.45, 7) is -1.20. The number of hydroxylamine groups is 1. The normalized spacial score (nSPS) is 11.3. The maximum absolute atomic E-state index is 11.7. The van der Waals surface area contributed by atoms with Crippen LogP contribution in [0.2, 0.25) is 0 Å². The predicted octanol–water partition coefficient (Wildman–Crippen LogP) is 1.37. The van der Waals surface area contributed by atoms with Crippen LogP contribution in [-0.2, 0) is 11.4 Å². The lowest BCUT2D eigenvalue weighted by atomic mass is 10.1. The van der Waals surface area contributed by atoms with Gasteiger partial charge in [-0.3, -0.25) is 9.63 Å². The molecule has 0 saturated heterocycles. The minimum absolute atomic E-state index is 0.198. The molecule has 1 rings (SSSR count). The SMILES string of the molecule is NCc1ccc(C(=O)NOCC(F)(F)F)cc1. The Bertz CT molecular complexity index is 376. The van der Waals surface area contributed by atoms with Crippen molar-refractivity contribution < 1.29 is 22.8 Å². The largest absolute Gasteiger partial charge is 0.414 e. The molecule has 0 aliphatic carbocycles. The fourth-order valence-corrected chi connectivity index (χ4v) is 1.03. The number of hydrogen-bond acceptors (Lipinski definition) is 3. The standard InChI is InChI=1S/C10H11F3N2O2/c11-10(12,13)6-17-15-9(16)8-3-1-7(5-14)2-4-8/h1-4H,5-6,14H2,(H,15,16). The molecule has 1 aromatic carbocycles. The second kappa shape index (κ2) is 5.65. The zero-order valence-electron chi connectivity index (χ0n) is 8.75. The Kier molecular flexibility index (Phi) is 4.47. The van der Waals surface area contributed by atoms with Crippen molar-refractivity contribution in [2.45, 2.75) is 12.7 Å². The molecule has 0 atom stereocenters. The van der Waals surface area contributed by atoms with Crippen LogP contribution < -0.4 is 11.2 Å². The van der Waals surface area contributed by atoms with Gasteiger partial charge in [0, 0.05) is 12.1 Å². The summed E-state index contributed by atoms with van der Waals surface area (Å²) in [5.74, 6) is -0.738. The molecule has 0 aliphatic heterocycles. The van der Waals surface area contributed by atoms with Crippen LogP contribution >= 0.6 is 0 Å². The maximum atomic E-state index is 11.7. The van der Waals surface area contributed by atoms with Crippen molar-refractivity contribution in [3.8, 4) is 0 Å². The van der Waals surface area contributed by atoms with Gasteiger partial charge in [0.1, 0.15) is 0 Å². The first-order valence-corrected chi connectivity index (χ1v) is 4.70. The molecule has 0 heterocycles. The first kappa shape index (κ1) is 13.5. The third-order valence-corrected chi connectivity index (χ3v) is 1.85. The van der Waals surface area contributed by atoms with E-state index >= 15 is 0 Å². The predicted molar refractivity (Wildman–Crippen MR) is 53.8 cm³/mol. The summed E-state index contributed by atoms with van der Waals surface area (Å²) in [5, 5.41) is 0. The summed E-state index contributed by atoms with van der Waals surface area (Å²) >= 11 is 0. The van der Waals surface area contributed by atoms with Crippen molar-refractivity contribution in [1.82, 2.24) is 5.48 Å². The molecule has 7 heteroatoms. The molecule has 0 aromatic heterocycles. The lowest BCUT2D eigenvalue weighted by molar-refractivity contribution is -0.184. The van der Waals surface area contributed by atoms with E-state index in [0.29, 0.717) is 6.54 Å². The van der Waals surface area contributed by atoms with Crippen molar-refractivity contribution in [2.75, 3.05) is 6.61 Å². The van der Waals surface area contributed by atoms with Gasteiger partial charge >= 0.3 is 6.18 Å². The first-order valence-electron chi connectivity index (χ1n) is 4.70. The van der Waals surface area contributed by atoms with Gasteiger partial charge in [0.15, 0.2) is 6.61 Å². The topological polar surface area (TPSA) is 64.4 Å². The summed E-state index contributed by atoms with van der Waals surface area (Å²) in [6, 6.07) is 6.13. The Hall–Kier alpha value is -1.60. The van der Waals surface area contributed by atoms with Crippen LogP contribution in [0, 0.1) is 0 Å². The molecule has 0 saturated carbocycles. The van der Waals surface area contributed by atoms with Crippen molar-refractivity contribution in [3.63, 3.8) is 0 Å². The van der Waals surface area contributed by atoms with E-state index in [9.17, 15) is 18.0 Å². The van der Waals surface area contributed by atoms with E-state index in [-0.39, 0.29) is 5.56 Å². The molecule has 1 aromatic rings. The van der Waals surface area contributed by atoms with Crippen LogP contribution in [0.3, 0.4) is 0 Å². The van der Waals surface area contributed by atoms with Gasteiger partial charge in [0.05, 0.1) is 0 Å². The van der Waals surface area contributed by atoms with E-state index in [1.54, 1.807) is 17.6 Å². The highest BCUT2D eigenvalue weighted by Gasteiger charge is 2.28. The van der Waals surface area contributed by atoms with Crippen LogP contribution in [0.25, 0.3) is 0 Å². The number of alkyl halides is 3. The van der Waals surface area contributed by atoms with Crippen molar-refractivity contribution in [1.29, 1.82) is 0 Å². The molecule has 0 spiro atoms. The maximum Gasteiger partial charge on any atom is 0.414 e. The lowest BCUT2D eigenvalue weighted by Gasteiger charge is -2.08. The van der Waals surface area contributed by atoms with Crippen molar-refractivity contribution in [2.24, 2.45) is 5.73 Å². The number of carbonyl (C=O) groups excluding carboxylic acids is 1. The molecule has 1 amide bonds. The fraction of sp³-hybridized carbons (Fsp3) is 0.300. The summed E-state index contributed by atoms with van der Waals surface area (Å²) in [6.07, 6.45) is -4.48. The average molecular weight is 248 g/mol. The van der Waals surface area contributed by atoms with Gasteiger partial charge in [-0.15, -0.1) is 0 Å². The smallest absolute Gasteiger partial charge is 0.326 e. The summed E-state index contributed by atoms with van der Waals surface area (Å²) in [4.78, 5) is 15.3. The summed E-state index contributed by atoms with van der Waals surface area (Å²) in [7, 11) is 0. The van der Waals surface area contributed by atoms with Gasteiger partial charge in [-0.25, -0.2) is 5.48 Å². The fourth-order valence-electron chi connectivity index (χ4n) is 1.03. The number of nitrogens with two attached hydrogens (primary N) is 1. The van der Waals surface area contributed by atoms with Crippen LogP contribution in [0.1, 0.15) is 15.9 Å². The molecule has 0 unspecified atom stereocenters. The molecule has 0 fully saturated rings. The van der Waals surface area contributed by atoms with Crippen LogP contribution in [0.5, 0.6) is 0 Å². The van der Waals surface area contributed by atoms with Gasteiger partial charge in [0.25, 0.3) is 5.91 Å². The molecule has 0 aliphatic rings. The van der Waals surface area contributed by atoms with E-state index in [4.69, 9.17) is 5.73 Å². The van der Waals surface area contributed by atoms with E-state index in [1.165, 1.54) is 12.1 Å². The zero-order chi connectivity index (χ0) is 12.9. The minimum Gasteiger partial charge on any atom is -0.326 e. The Labute approximate surface area is 95.5 Å². The molecule has 17 heavy (non-hydrogen) atoms. The van der Waals surface area contributed by atoms with Gasteiger partial charge in [-0.1, -0.05) is 12.1 Å². The van der Waals surface area contributed by atoms with Crippen LogP contribution in [-0.4, -0.2) is 18.7 Å². The highest BCUT2D eigenvalue weighted by Crippen LogP contribution is 2.13. The Morgan fingerprint density at radius 2 is 1.88 bits per heavy atom. The quantitative estimate of drug-likeness (QED) is 0.791. The monoisotopic (exact) mass is 248 g/mol. The van der Waals surface area contributed by atoms with Gasteiger partial charge in [-0.05, 0) is 17.7 Å². The second-order valence-electron chi connectivity index (χ2n) is 3.24. The third kappa shape index (κ3) is 4.83. The van der Waals surface area contributed by atoms with Crippen LogP contribution in [0.15, 0.2) is 24.3 Å². The minimum atomic E-state index is -4.48. The van der Waals surface area contributed by atoms with Gasteiger partial charge < -0.3 is 5.73 Å². The van der Waals surface area contributed by atoms with Crippen molar-refractivity contribution >= 4 is 5.91 Å². The van der Waals surface area contributed by atoms with E-state index in [1.807, 2.05) is 0 Å². The van der Waals surface area contributed by atoms with E-state index < -0.39 is 18.7 Å². The number of rotatable bonds is 4.